The third-order valence-electron chi connectivity index (χ3n) is 3.35. The third-order valence-corrected chi connectivity index (χ3v) is 7.03. The average molecular weight is 343 g/mol. The van der Waals surface area contributed by atoms with Crippen LogP contribution in [0.4, 0.5) is 0 Å². The van der Waals surface area contributed by atoms with Gasteiger partial charge >= 0.3 is 0 Å². The number of nitrogens with one attached hydrogen (secondary N) is 2. The van der Waals surface area contributed by atoms with Crippen LogP contribution in [0.1, 0.15) is 24.0 Å². The van der Waals surface area contributed by atoms with Gasteiger partial charge in [-0.15, -0.1) is 11.3 Å². The molecule has 0 atom stereocenters. The van der Waals surface area contributed by atoms with Crippen molar-refractivity contribution in [2.75, 3.05) is 6.54 Å². The summed E-state index contributed by atoms with van der Waals surface area (Å²) in [6.45, 7) is 1.19. The Balaban J connectivity index is 1.53. The maximum atomic E-state index is 12.2. The van der Waals surface area contributed by atoms with Crippen molar-refractivity contribution in [3.05, 3.63) is 39.4 Å². The molecule has 2 aromatic heterocycles. The molecule has 0 radical (unpaired) electrons. The minimum absolute atomic E-state index is 0.403. The Morgan fingerprint density at radius 2 is 2.10 bits per heavy atom. The normalized spacial score (nSPS) is 15.4. The molecule has 1 aliphatic rings. The zero-order valence-electron chi connectivity index (χ0n) is 11.5. The fraction of sp³-hybridized carbons (Fsp3) is 0.429. The Hall–Kier alpha value is -0.730. The van der Waals surface area contributed by atoms with Crippen LogP contribution in [0.25, 0.3) is 0 Å². The Kier molecular flexibility index (Phi) is 4.75. The van der Waals surface area contributed by atoms with Crippen LogP contribution in [0.15, 0.2) is 32.5 Å². The van der Waals surface area contributed by atoms with E-state index in [0.717, 1.165) is 18.5 Å². The lowest BCUT2D eigenvalue weighted by molar-refractivity contribution is 0.583. The highest BCUT2D eigenvalue weighted by atomic mass is 32.2. The summed E-state index contributed by atoms with van der Waals surface area (Å²) in [5.74, 6) is 0. The second kappa shape index (κ2) is 6.58. The number of sulfonamides is 1. The summed E-state index contributed by atoms with van der Waals surface area (Å²) in [4.78, 5) is 0. The molecule has 0 amide bonds. The van der Waals surface area contributed by atoms with Gasteiger partial charge in [0.15, 0.2) is 0 Å². The van der Waals surface area contributed by atoms with E-state index < -0.39 is 10.0 Å². The van der Waals surface area contributed by atoms with Crippen molar-refractivity contribution in [2.45, 2.75) is 36.1 Å². The van der Waals surface area contributed by atoms with Crippen LogP contribution in [-0.4, -0.2) is 21.0 Å². The minimum atomic E-state index is -3.37. The zero-order valence-corrected chi connectivity index (χ0v) is 14.0. The second-order valence-corrected chi connectivity index (χ2v) is 8.89. The van der Waals surface area contributed by atoms with E-state index >= 15 is 0 Å². The molecule has 0 aromatic carbocycles. The summed E-state index contributed by atoms with van der Waals surface area (Å²) in [6, 6.07) is 4.42. The van der Waals surface area contributed by atoms with Crippen molar-refractivity contribution in [3.8, 4) is 0 Å². The van der Waals surface area contributed by atoms with Gasteiger partial charge in [-0.2, -0.15) is 11.3 Å². The maximum Gasteiger partial charge on any atom is 0.250 e. The fourth-order valence-electron chi connectivity index (χ4n) is 1.97. The van der Waals surface area contributed by atoms with E-state index in [0.29, 0.717) is 16.8 Å². The molecule has 3 rings (SSSR count). The second-order valence-electron chi connectivity index (χ2n) is 5.21. The predicted octanol–water partition coefficient (Wildman–Crippen LogP) is 2.58. The standard InChI is InChI=1S/C14H18N2O2S3/c17-21(18,16-5-3-11-4-6-19-9-11)14-7-12(10-20-14)8-15-13-1-2-13/h4,6-7,9-10,13,15-16H,1-3,5,8H2. The smallest absolute Gasteiger partial charge is 0.250 e. The lowest BCUT2D eigenvalue weighted by Gasteiger charge is -2.03. The summed E-state index contributed by atoms with van der Waals surface area (Å²) >= 11 is 2.92. The summed E-state index contributed by atoms with van der Waals surface area (Å²) in [6.07, 6.45) is 3.20. The van der Waals surface area contributed by atoms with Crippen molar-refractivity contribution < 1.29 is 8.42 Å². The van der Waals surface area contributed by atoms with E-state index in [1.54, 1.807) is 17.4 Å². The van der Waals surface area contributed by atoms with Crippen molar-refractivity contribution in [3.63, 3.8) is 0 Å². The van der Waals surface area contributed by atoms with Crippen LogP contribution in [0.5, 0.6) is 0 Å². The topological polar surface area (TPSA) is 58.2 Å². The van der Waals surface area contributed by atoms with Gasteiger partial charge in [0, 0.05) is 19.1 Å². The minimum Gasteiger partial charge on any atom is -0.310 e. The maximum absolute atomic E-state index is 12.2. The number of hydrogen-bond donors (Lipinski definition) is 2. The molecule has 2 aromatic rings. The first-order valence-electron chi connectivity index (χ1n) is 6.95. The predicted molar refractivity (Wildman–Crippen MR) is 87.4 cm³/mol. The molecular formula is C14H18N2O2S3. The van der Waals surface area contributed by atoms with Crippen LogP contribution in [-0.2, 0) is 23.0 Å². The van der Waals surface area contributed by atoms with Crippen LogP contribution >= 0.6 is 22.7 Å². The van der Waals surface area contributed by atoms with Gasteiger partial charge in [0.25, 0.3) is 0 Å². The molecule has 1 saturated carbocycles. The fourth-order valence-corrected chi connectivity index (χ4v) is 4.96. The van der Waals surface area contributed by atoms with E-state index in [9.17, 15) is 8.42 Å². The summed E-state index contributed by atoms with van der Waals surface area (Å²) in [5.41, 5.74) is 2.22. The first-order chi connectivity index (χ1) is 10.1. The summed E-state index contributed by atoms with van der Waals surface area (Å²) in [5, 5.41) is 9.36. The molecule has 4 nitrogen and oxygen atoms in total. The molecule has 1 fully saturated rings. The Bertz CT molecular complexity index is 673. The highest BCUT2D eigenvalue weighted by Gasteiger charge is 2.21. The largest absolute Gasteiger partial charge is 0.310 e. The molecule has 2 heterocycles. The van der Waals surface area contributed by atoms with E-state index in [2.05, 4.69) is 10.0 Å². The van der Waals surface area contributed by atoms with Gasteiger partial charge in [-0.25, -0.2) is 13.1 Å². The Morgan fingerprint density at radius 1 is 1.24 bits per heavy atom. The molecule has 0 bridgehead atoms. The number of hydrogen-bond acceptors (Lipinski definition) is 5. The number of rotatable bonds is 8. The monoisotopic (exact) mass is 342 g/mol. The van der Waals surface area contributed by atoms with Crippen molar-refractivity contribution in [1.29, 1.82) is 0 Å². The van der Waals surface area contributed by atoms with Gasteiger partial charge in [0.2, 0.25) is 10.0 Å². The lowest BCUT2D eigenvalue weighted by Crippen LogP contribution is -2.25. The first-order valence-corrected chi connectivity index (χ1v) is 10.3. The van der Waals surface area contributed by atoms with Gasteiger partial charge in [0.1, 0.15) is 4.21 Å². The van der Waals surface area contributed by atoms with Crippen molar-refractivity contribution >= 4 is 32.7 Å². The van der Waals surface area contributed by atoms with Crippen LogP contribution in [0, 0.1) is 0 Å². The van der Waals surface area contributed by atoms with Crippen molar-refractivity contribution in [1.82, 2.24) is 10.0 Å². The SMILES string of the molecule is O=S(=O)(NCCc1ccsc1)c1cc(CNC2CC2)cs1. The number of thiophene rings is 2. The molecule has 0 spiro atoms. The summed E-state index contributed by atoms with van der Waals surface area (Å²) < 4.78 is 27.5. The molecule has 0 saturated heterocycles. The molecule has 114 valence electrons. The highest BCUT2D eigenvalue weighted by Crippen LogP contribution is 2.23. The third kappa shape index (κ3) is 4.37. The van der Waals surface area contributed by atoms with Gasteiger partial charge in [-0.1, -0.05) is 0 Å². The van der Waals surface area contributed by atoms with Crippen LogP contribution in [0.3, 0.4) is 0 Å². The molecule has 7 heteroatoms. The molecule has 2 N–H and O–H groups in total. The van der Waals surface area contributed by atoms with E-state index in [1.807, 2.05) is 22.2 Å². The van der Waals surface area contributed by atoms with Gasteiger partial charge in [0.05, 0.1) is 0 Å². The van der Waals surface area contributed by atoms with Gasteiger partial charge < -0.3 is 5.32 Å². The van der Waals surface area contributed by atoms with E-state index in [1.165, 1.54) is 29.7 Å². The molecule has 1 aliphatic carbocycles. The molecule has 21 heavy (non-hydrogen) atoms. The summed E-state index contributed by atoms with van der Waals surface area (Å²) in [7, 11) is -3.37. The van der Waals surface area contributed by atoms with Crippen molar-refractivity contribution in [2.24, 2.45) is 0 Å². The van der Waals surface area contributed by atoms with E-state index in [-0.39, 0.29) is 0 Å². The Labute approximate surface area is 133 Å². The Morgan fingerprint density at radius 3 is 2.81 bits per heavy atom. The highest BCUT2D eigenvalue weighted by molar-refractivity contribution is 7.91. The zero-order chi connectivity index (χ0) is 14.7. The lowest BCUT2D eigenvalue weighted by atomic mass is 10.2. The molecule has 0 aliphatic heterocycles. The van der Waals surface area contributed by atoms with Crippen LogP contribution < -0.4 is 10.0 Å². The molecular weight excluding hydrogens is 324 g/mol. The van der Waals surface area contributed by atoms with Crippen LogP contribution in [0.2, 0.25) is 0 Å². The quantitative estimate of drug-likeness (QED) is 0.775. The molecule has 0 unspecified atom stereocenters. The average Bonchev–Trinajstić information content (AvgIpc) is 2.93. The van der Waals surface area contributed by atoms with E-state index in [4.69, 9.17) is 0 Å². The first kappa shape index (κ1) is 15.2. The van der Waals surface area contributed by atoms with Gasteiger partial charge in [-0.3, -0.25) is 0 Å². The van der Waals surface area contributed by atoms with Gasteiger partial charge in [-0.05, 0) is 58.7 Å².